The smallest absolute Gasteiger partial charge is 0.334 e. The van der Waals surface area contributed by atoms with Crippen LogP contribution in [-0.2, 0) is 19.1 Å². The summed E-state index contributed by atoms with van der Waals surface area (Å²) in [5.41, 5.74) is 3.26. The molecule has 0 aromatic heterocycles. The fraction of sp³-hybridized carbons (Fsp3) is 0.360. The third kappa shape index (κ3) is 7.05. The highest BCUT2D eigenvalue weighted by Crippen LogP contribution is 2.25. The second-order valence-electron chi connectivity index (χ2n) is 7.82. The van der Waals surface area contributed by atoms with Crippen LogP contribution < -0.4 is 0 Å². The van der Waals surface area contributed by atoms with Gasteiger partial charge in [0.2, 0.25) is 0 Å². The van der Waals surface area contributed by atoms with E-state index in [1.54, 1.807) is 24.3 Å². The zero-order valence-corrected chi connectivity index (χ0v) is 18.4. The lowest BCUT2D eigenvalue weighted by Gasteiger charge is -2.23. The molecule has 2 aromatic rings. The molecule has 0 aliphatic carbocycles. The van der Waals surface area contributed by atoms with E-state index >= 15 is 0 Å². The molecule has 166 valence electrons. The summed E-state index contributed by atoms with van der Waals surface area (Å²) in [5, 5.41) is 20.1. The van der Waals surface area contributed by atoms with Crippen molar-refractivity contribution >= 4 is 11.9 Å². The Bertz CT molecular complexity index is 897. The number of rotatable bonds is 9. The molecular weight excluding hydrogens is 396 g/mol. The van der Waals surface area contributed by atoms with Gasteiger partial charge in [0, 0.05) is 5.57 Å². The largest absolute Gasteiger partial charge is 0.454 e. The van der Waals surface area contributed by atoms with Gasteiger partial charge in [-0.2, -0.15) is 0 Å². The Morgan fingerprint density at radius 1 is 0.806 bits per heavy atom. The van der Waals surface area contributed by atoms with Crippen LogP contribution in [0, 0.1) is 13.8 Å². The molecule has 6 nitrogen and oxygen atoms in total. The van der Waals surface area contributed by atoms with E-state index in [1.807, 2.05) is 38.1 Å². The summed E-state index contributed by atoms with van der Waals surface area (Å²) in [5.74, 6) is -1.51. The van der Waals surface area contributed by atoms with Gasteiger partial charge in [-0.25, -0.2) is 4.79 Å². The normalized spacial score (nSPS) is 14.8. The van der Waals surface area contributed by atoms with Gasteiger partial charge >= 0.3 is 11.9 Å². The predicted octanol–water partition coefficient (Wildman–Crippen LogP) is 3.88. The van der Waals surface area contributed by atoms with Gasteiger partial charge in [-0.1, -0.05) is 66.2 Å². The van der Waals surface area contributed by atoms with Crippen LogP contribution in [0.1, 0.15) is 54.7 Å². The number of hydrogen-bond acceptors (Lipinski definition) is 6. The van der Waals surface area contributed by atoms with Crippen molar-refractivity contribution in [2.45, 2.75) is 58.5 Å². The molecule has 0 saturated carbocycles. The molecule has 0 aliphatic heterocycles. The molecule has 0 amide bonds. The maximum absolute atomic E-state index is 12.5. The molecule has 0 spiro atoms. The van der Waals surface area contributed by atoms with Crippen LogP contribution in [-0.4, -0.2) is 34.4 Å². The summed E-state index contributed by atoms with van der Waals surface area (Å²) in [7, 11) is 0. The zero-order chi connectivity index (χ0) is 23.1. The summed E-state index contributed by atoms with van der Waals surface area (Å²) >= 11 is 0. The van der Waals surface area contributed by atoms with Crippen LogP contribution >= 0.6 is 0 Å². The lowest BCUT2D eigenvalue weighted by atomic mass is 10.0. The van der Waals surface area contributed by atoms with E-state index < -0.39 is 42.8 Å². The van der Waals surface area contributed by atoms with Crippen LogP contribution in [0.2, 0.25) is 0 Å². The van der Waals surface area contributed by atoms with E-state index in [-0.39, 0.29) is 5.57 Å². The molecule has 4 atom stereocenters. The molecule has 0 fully saturated rings. The fourth-order valence-corrected chi connectivity index (χ4v) is 3.03. The number of aliphatic hydroxyl groups is 2. The van der Waals surface area contributed by atoms with Crippen LogP contribution in [0.25, 0.3) is 0 Å². The highest BCUT2D eigenvalue weighted by Gasteiger charge is 2.26. The Kier molecular flexibility index (Phi) is 8.54. The summed E-state index contributed by atoms with van der Waals surface area (Å²) < 4.78 is 10.8. The Balaban J connectivity index is 2.01. The molecular formula is C25H30O6. The standard InChI is InChI=1S/C25H30O6/c1-15-6-10-20(11-7-15)23(18(4)26)30-22(28)14-17(3)25(29)31-24(19(5)27)21-12-8-16(2)9-13-21/h6-13,18-19,23-24,26-27H,3,14H2,1-2,4-5H3. The van der Waals surface area contributed by atoms with Gasteiger partial charge in [-0.15, -0.1) is 0 Å². The fourth-order valence-electron chi connectivity index (χ4n) is 3.03. The number of esters is 2. The lowest BCUT2D eigenvalue weighted by Crippen LogP contribution is -2.25. The first-order valence-corrected chi connectivity index (χ1v) is 10.2. The number of benzene rings is 2. The first-order chi connectivity index (χ1) is 14.6. The monoisotopic (exact) mass is 426 g/mol. The summed E-state index contributed by atoms with van der Waals surface area (Å²) in [6, 6.07) is 14.5. The average molecular weight is 427 g/mol. The van der Waals surface area contributed by atoms with Crippen LogP contribution in [0.3, 0.4) is 0 Å². The Hall–Kier alpha value is -2.96. The first kappa shape index (κ1) is 24.3. The van der Waals surface area contributed by atoms with Crippen molar-refractivity contribution in [1.29, 1.82) is 0 Å². The van der Waals surface area contributed by atoms with Crippen molar-refractivity contribution in [2.24, 2.45) is 0 Å². The molecule has 0 radical (unpaired) electrons. The SMILES string of the molecule is C=C(CC(=O)OC(c1ccc(C)cc1)C(C)O)C(=O)OC(c1ccc(C)cc1)C(C)O. The van der Waals surface area contributed by atoms with E-state index in [9.17, 15) is 19.8 Å². The van der Waals surface area contributed by atoms with E-state index in [1.165, 1.54) is 13.8 Å². The lowest BCUT2D eigenvalue weighted by molar-refractivity contribution is -0.157. The number of carbonyl (C=O) groups is 2. The van der Waals surface area contributed by atoms with Gasteiger partial charge in [-0.05, 0) is 38.8 Å². The Morgan fingerprint density at radius 2 is 1.19 bits per heavy atom. The molecule has 6 heteroatoms. The van der Waals surface area contributed by atoms with E-state index in [4.69, 9.17) is 9.47 Å². The summed E-state index contributed by atoms with van der Waals surface area (Å²) in [6.45, 7) is 10.5. The molecule has 2 rings (SSSR count). The minimum Gasteiger partial charge on any atom is -0.454 e. The number of carbonyl (C=O) groups excluding carboxylic acids is 2. The van der Waals surface area contributed by atoms with E-state index in [2.05, 4.69) is 6.58 Å². The number of aryl methyl sites for hydroxylation is 2. The molecule has 31 heavy (non-hydrogen) atoms. The Morgan fingerprint density at radius 3 is 1.58 bits per heavy atom. The van der Waals surface area contributed by atoms with Gasteiger partial charge in [0.1, 0.15) is 0 Å². The van der Waals surface area contributed by atoms with Gasteiger partial charge in [0.15, 0.2) is 12.2 Å². The molecule has 0 aliphatic rings. The highest BCUT2D eigenvalue weighted by molar-refractivity contribution is 5.93. The quantitative estimate of drug-likeness (QED) is 0.467. The molecule has 2 N–H and O–H groups in total. The number of hydrogen-bond donors (Lipinski definition) is 2. The van der Waals surface area contributed by atoms with Gasteiger partial charge in [-0.3, -0.25) is 4.79 Å². The van der Waals surface area contributed by atoms with Gasteiger partial charge in [0.25, 0.3) is 0 Å². The minimum absolute atomic E-state index is 0.101. The second kappa shape index (κ2) is 10.9. The summed E-state index contributed by atoms with van der Waals surface area (Å²) in [6.07, 6.45) is -4.04. The van der Waals surface area contributed by atoms with Crippen molar-refractivity contribution < 1.29 is 29.3 Å². The van der Waals surface area contributed by atoms with Crippen molar-refractivity contribution in [1.82, 2.24) is 0 Å². The first-order valence-electron chi connectivity index (χ1n) is 10.2. The predicted molar refractivity (Wildman–Crippen MR) is 117 cm³/mol. The third-order valence-corrected chi connectivity index (χ3v) is 4.83. The van der Waals surface area contributed by atoms with Crippen LogP contribution in [0.5, 0.6) is 0 Å². The van der Waals surface area contributed by atoms with Crippen LogP contribution in [0.4, 0.5) is 0 Å². The Labute approximate surface area is 183 Å². The topological polar surface area (TPSA) is 93.1 Å². The molecule has 0 saturated heterocycles. The average Bonchev–Trinajstić information content (AvgIpc) is 2.71. The van der Waals surface area contributed by atoms with E-state index in [0.717, 1.165) is 11.1 Å². The van der Waals surface area contributed by atoms with Crippen molar-refractivity contribution in [3.63, 3.8) is 0 Å². The maximum Gasteiger partial charge on any atom is 0.334 e. The zero-order valence-electron chi connectivity index (χ0n) is 18.4. The minimum atomic E-state index is -0.951. The number of aliphatic hydroxyl groups excluding tert-OH is 2. The highest BCUT2D eigenvalue weighted by atomic mass is 16.6. The van der Waals surface area contributed by atoms with Gasteiger partial charge < -0.3 is 19.7 Å². The third-order valence-electron chi connectivity index (χ3n) is 4.83. The van der Waals surface area contributed by atoms with Crippen molar-refractivity contribution in [3.05, 3.63) is 82.9 Å². The molecule has 0 bridgehead atoms. The number of ether oxygens (including phenoxy) is 2. The molecule has 4 unspecified atom stereocenters. The van der Waals surface area contributed by atoms with Gasteiger partial charge in [0.05, 0.1) is 18.6 Å². The second-order valence-corrected chi connectivity index (χ2v) is 7.82. The molecule has 2 aromatic carbocycles. The van der Waals surface area contributed by atoms with Crippen LogP contribution in [0.15, 0.2) is 60.7 Å². The molecule has 0 heterocycles. The van der Waals surface area contributed by atoms with Crippen molar-refractivity contribution in [2.75, 3.05) is 0 Å². The maximum atomic E-state index is 12.5. The summed E-state index contributed by atoms with van der Waals surface area (Å²) in [4.78, 5) is 24.9. The van der Waals surface area contributed by atoms with E-state index in [0.29, 0.717) is 11.1 Å². The van der Waals surface area contributed by atoms with Crippen molar-refractivity contribution in [3.8, 4) is 0 Å².